The zero-order valence-electron chi connectivity index (χ0n) is 15.6. The smallest absolute Gasteiger partial charge is 0.315 e. The van der Waals surface area contributed by atoms with Crippen LogP contribution >= 0.6 is 0 Å². The van der Waals surface area contributed by atoms with Gasteiger partial charge >= 0.3 is 6.03 Å². The minimum atomic E-state index is -3.30. The average Bonchev–Trinajstić information content (AvgIpc) is 2.56. The second-order valence-corrected chi connectivity index (χ2v) is 8.51. The van der Waals surface area contributed by atoms with Gasteiger partial charge in [0.25, 0.3) is 0 Å². The summed E-state index contributed by atoms with van der Waals surface area (Å²) in [7, 11) is -3.30. The van der Waals surface area contributed by atoms with E-state index in [4.69, 9.17) is 4.74 Å². The average molecular weight is 384 g/mol. The fourth-order valence-electron chi connectivity index (χ4n) is 3.25. The molecule has 1 saturated carbocycles. The Kier molecular flexibility index (Phi) is 7.28. The van der Waals surface area contributed by atoms with Crippen LogP contribution in [-0.4, -0.2) is 39.4 Å². The third-order valence-electron chi connectivity index (χ3n) is 4.46. The Hall–Kier alpha value is -1.80. The SMILES string of the molecule is CCOc1cccc([C@H](C)NC(=O)N[C@@H]2CCCC[C@H]2NS(C)(=O)=O)c1. The van der Waals surface area contributed by atoms with E-state index in [0.717, 1.165) is 43.3 Å². The summed E-state index contributed by atoms with van der Waals surface area (Å²) in [6.45, 7) is 4.41. The fourth-order valence-corrected chi connectivity index (χ4v) is 4.08. The van der Waals surface area contributed by atoms with Crippen LogP contribution in [-0.2, 0) is 10.0 Å². The van der Waals surface area contributed by atoms with Gasteiger partial charge in [-0.05, 0) is 44.4 Å². The summed E-state index contributed by atoms with van der Waals surface area (Å²) >= 11 is 0. The summed E-state index contributed by atoms with van der Waals surface area (Å²) in [6, 6.07) is 6.64. The van der Waals surface area contributed by atoms with Gasteiger partial charge in [-0.3, -0.25) is 0 Å². The van der Waals surface area contributed by atoms with E-state index >= 15 is 0 Å². The molecule has 8 heteroatoms. The molecule has 7 nitrogen and oxygen atoms in total. The topological polar surface area (TPSA) is 96.5 Å². The van der Waals surface area contributed by atoms with Crippen molar-refractivity contribution in [1.29, 1.82) is 0 Å². The number of carbonyl (C=O) groups is 1. The monoisotopic (exact) mass is 383 g/mol. The molecule has 1 aromatic rings. The van der Waals surface area contributed by atoms with Crippen LogP contribution in [0.1, 0.15) is 51.1 Å². The quantitative estimate of drug-likeness (QED) is 0.673. The lowest BCUT2D eigenvalue weighted by Crippen LogP contribution is -2.55. The standard InChI is InChI=1S/C18H29N3O4S/c1-4-25-15-9-7-8-14(12-15)13(2)19-18(22)20-16-10-5-6-11-17(16)21-26(3,23)24/h7-9,12-13,16-17,21H,4-6,10-11H2,1-3H3,(H2,19,20,22)/t13-,16+,17+/m0/s1. The lowest BCUT2D eigenvalue weighted by Gasteiger charge is -2.32. The summed E-state index contributed by atoms with van der Waals surface area (Å²) in [4.78, 5) is 12.4. The molecule has 0 unspecified atom stereocenters. The molecule has 0 heterocycles. The molecular weight excluding hydrogens is 354 g/mol. The van der Waals surface area contributed by atoms with Crippen LogP contribution in [0.5, 0.6) is 5.75 Å². The summed E-state index contributed by atoms with van der Waals surface area (Å²) in [5, 5.41) is 5.84. The molecule has 1 aromatic carbocycles. The van der Waals surface area contributed by atoms with Crippen molar-refractivity contribution in [3.8, 4) is 5.75 Å². The van der Waals surface area contributed by atoms with Crippen LogP contribution in [0.4, 0.5) is 4.79 Å². The van der Waals surface area contributed by atoms with E-state index in [-0.39, 0.29) is 24.2 Å². The molecule has 26 heavy (non-hydrogen) atoms. The van der Waals surface area contributed by atoms with Crippen molar-refractivity contribution in [3.63, 3.8) is 0 Å². The molecule has 3 atom stereocenters. The molecule has 0 radical (unpaired) electrons. The van der Waals surface area contributed by atoms with E-state index in [0.29, 0.717) is 6.61 Å². The first-order chi connectivity index (χ1) is 12.3. The van der Waals surface area contributed by atoms with Crippen molar-refractivity contribution >= 4 is 16.1 Å². The number of hydrogen-bond acceptors (Lipinski definition) is 4. The van der Waals surface area contributed by atoms with E-state index in [2.05, 4.69) is 15.4 Å². The zero-order chi connectivity index (χ0) is 19.2. The Labute approximate surface area is 155 Å². The maximum Gasteiger partial charge on any atom is 0.315 e. The second-order valence-electron chi connectivity index (χ2n) is 6.73. The van der Waals surface area contributed by atoms with E-state index in [1.54, 1.807) is 0 Å². The van der Waals surface area contributed by atoms with Gasteiger partial charge in [0.2, 0.25) is 10.0 Å². The van der Waals surface area contributed by atoms with Crippen molar-refractivity contribution in [2.45, 2.75) is 57.7 Å². The minimum Gasteiger partial charge on any atom is -0.494 e. The number of hydrogen-bond donors (Lipinski definition) is 3. The number of benzene rings is 1. The minimum absolute atomic E-state index is 0.194. The van der Waals surface area contributed by atoms with Crippen LogP contribution in [0, 0.1) is 0 Å². The molecule has 1 fully saturated rings. The van der Waals surface area contributed by atoms with E-state index in [1.165, 1.54) is 0 Å². The van der Waals surface area contributed by atoms with Gasteiger partial charge in [-0.1, -0.05) is 25.0 Å². The molecule has 0 aliphatic heterocycles. The zero-order valence-corrected chi connectivity index (χ0v) is 16.4. The van der Waals surface area contributed by atoms with Crippen molar-refractivity contribution in [3.05, 3.63) is 29.8 Å². The predicted molar refractivity (Wildman–Crippen MR) is 102 cm³/mol. The van der Waals surface area contributed by atoms with Crippen LogP contribution in [0.3, 0.4) is 0 Å². The third kappa shape index (κ3) is 6.49. The molecule has 2 rings (SSSR count). The number of carbonyl (C=O) groups excluding carboxylic acids is 1. The second kappa shape index (κ2) is 9.23. The Morgan fingerprint density at radius 1 is 1.27 bits per heavy atom. The maximum absolute atomic E-state index is 12.4. The molecule has 2 amide bonds. The van der Waals surface area contributed by atoms with Gasteiger partial charge in [-0.15, -0.1) is 0 Å². The van der Waals surface area contributed by atoms with E-state index in [1.807, 2.05) is 38.1 Å². The number of sulfonamides is 1. The number of rotatable bonds is 7. The van der Waals surface area contributed by atoms with Gasteiger partial charge in [0.05, 0.1) is 18.9 Å². The van der Waals surface area contributed by atoms with Gasteiger partial charge in [-0.25, -0.2) is 17.9 Å². The number of nitrogens with one attached hydrogen (secondary N) is 3. The van der Waals surface area contributed by atoms with Crippen LogP contribution in [0.2, 0.25) is 0 Å². The highest BCUT2D eigenvalue weighted by atomic mass is 32.2. The number of urea groups is 1. The van der Waals surface area contributed by atoms with Crippen molar-refractivity contribution < 1.29 is 17.9 Å². The molecule has 3 N–H and O–H groups in total. The molecule has 0 bridgehead atoms. The number of ether oxygens (including phenoxy) is 1. The molecule has 146 valence electrons. The lowest BCUT2D eigenvalue weighted by molar-refractivity contribution is 0.224. The van der Waals surface area contributed by atoms with Crippen LogP contribution < -0.4 is 20.1 Å². The first kappa shape index (κ1) is 20.5. The first-order valence-corrected chi connectivity index (χ1v) is 10.9. The highest BCUT2D eigenvalue weighted by Crippen LogP contribution is 2.21. The Morgan fingerprint density at radius 3 is 2.62 bits per heavy atom. The van der Waals surface area contributed by atoms with Crippen LogP contribution in [0.15, 0.2) is 24.3 Å². The molecule has 0 aromatic heterocycles. The van der Waals surface area contributed by atoms with Crippen molar-refractivity contribution in [2.24, 2.45) is 0 Å². The molecule has 0 saturated heterocycles. The fraction of sp³-hybridized carbons (Fsp3) is 0.611. The summed E-state index contributed by atoms with van der Waals surface area (Å²) in [6.07, 6.45) is 4.55. The van der Waals surface area contributed by atoms with Gasteiger partial charge in [0, 0.05) is 12.1 Å². The third-order valence-corrected chi connectivity index (χ3v) is 5.20. The highest BCUT2D eigenvalue weighted by molar-refractivity contribution is 7.88. The molecule has 1 aliphatic carbocycles. The Bertz CT molecular complexity index is 708. The maximum atomic E-state index is 12.4. The first-order valence-electron chi connectivity index (χ1n) is 9.05. The van der Waals surface area contributed by atoms with Gasteiger partial charge in [0.1, 0.15) is 5.75 Å². The largest absolute Gasteiger partial charge is 0.494 e. The highest BCUT2D eigenvalue weighted by Gasteiger charge is 2.28. The normalized spacial score (nSPS) is 21.7. The van der Waals surface area contributed by atoms with Crippen molar-refractivity contribution in [2.75, 3.05) is 12.9 Å². The van der Waals surface area contributed by atoms with Crippen molar-refractivity contribution in [1.82, 2.24) is 15.4 Å². The van der Waals surface area contributed by atoms with Gasteiger partial charge in [0.15, 0.2) is 0 Å². The Morgan fingerprint density at radius 2 is 1.96 bits per heavy atom. The van der Waals surface area contributed by atoms with Gasteiger partial charge in [-0.2, -0.15) is 0 Å². The molecule has 1 aliphatic rings. The number of amides is 2. The van der Waals surface area contributed by atoms with Crippen LogP contribution in [0.25, 0.3) is 0 Å². The summed E-state index contributed by atoms with van der Waals surface area (Å²) < 4.78 is 31.2. The molecular formula is C18H29N3O4S. The lowest BCUT2D eigenvalue weighted by atomic mass is 9.91. The molecule has 0 spiro atoms. The van der Waals surface area contributed by atoms with E-state index < -0.39 is 10.0 Å². The van der Waals surface area contributed by atoms with E-state index in [9.17, 15) is 13.2 Å². The Balaban J connectivity index is 1.94. The van der Waals surface area contributed by atoms with Gasteiger partial charge < -0.3 is 15.4 Å². The predicted octanol–water partition coefficient (Wildman–Crippen LogP) is 2.31. The summed E-state index contributed by atoms with van der Waals surface area (Å²) in [5.41, 5.74) is 0.945. The summed E-state index contributed by atoms with van der Waals surface area (Å²) in [5.74, 6) is 0.767.